The van der Waals surface area contributed by atoms with Crippen molar-refractivity contribution in [3.63, 3.8) is 0 Å². The Morgan fingerprint density at radius 3 is 1.54 bits per heavy atom. The number of aryl methyl sites for hydroxylation is 2. The van der Waals surface area contributed by atoms with Crippen molar-refractivity contribution in [2.75, 3.05) is 0 Å². The first-order valence-electron chi connectivity index (χ1n) is 15.0. The summed E-state index contributed by atoms with van der Waals surface area (Å²) in [6.07, 6.45) is 24.9. The van der Waals surface area contributed by atoms with Crippen LogP contribution < -0.4 is 29.6 Å². The SMILES string of the molecule is CCCCCCCCCCCc1ccc2c(CCCCCCCCCCC)cc(S(=O)(=O)[O-])cc2c1.[Na+]. The zero-order valence-electron chi connectivity index (χ0n) is 24.2. The first kappa shape index (κ1) is 34.6. The first-order valence-corrected chi connectivity index (χ1v) is 16.4. The van der Waals surface area contributed by atoms with Crippen LogP contribution in [0.15, 0.2) is 35.2 Å². The molecule has 0 N–H and O–H groups in total. The molecule has 0 fully saturated rings. The standard InChI is InChI=1S/C32H52O3S.Na/c1-3-5-7-9-11-13-15-17-19-21-28-23-24-32-29(22-20-18-16-14-12-10-8-6-4-2)26-31(36(33,34)35)27-30(32)25-28;/h23-27H,3-22H2,1-2H3,(H,33,34,35);/q;+1/p-1. The molecule has 2 rings (SSSR count). The Morgan fingerprint density at radius 2 is 1.05 bits per heavy atom. The fraction of sp³-hybridized carbons (Fsp3) is 0.688. The Hall–Kier alpha value is -0.390. The van der Waals surface area contributed by atoms with Crippen LogP contribution in [0, 0.1) is 0 Å². The normalized spacial score (nSPS) is 11.6. The molecule has 0 atom stereocenters. The summed E-state index contributed by atoms with van der Waals surface area (Å²) in [5, 5.41) is 1.99. The Labute approximate surface area is 250 Å². The van der Waals surface area contributed by atoms with Crippen LogP contribution in [0.4, 0.5) is 0 Å². The van der Waals surface area contributed by atoms with Gasteiger partial charge in [0, 0.05) is 0 Å². The fourth-order valence-electron chi connectivity index (χ4n) is 5.24. The maximum absolute atomic E-state index is 11.8. The second kappa shape index (κ2) is 20.5. The third-order valence-corrected chi connectivity index (χ3v) is 8.30. The molecule has 0 unspecified atom stereocenters. The van der Waals surface area contributed by atoms with E-state index in [2.05, 4.69) is 32.0 Å². The van der Waals surface area contributed by atoms with Crippen molar-refractivity contribution in [2.45, 2.75) is 147 Å². The van der Waals surface area contributed by atoms with Crippen LogP contribution in [0.25, 0.3) is 10.8 Å². The molecule has 3 nitrogen and oxygen atoms in total. The summed E-state index contributed by atoms with van der Waals surface area (Å²) in [5.74, 6) is 0. The van der Waals surface area contributed by atoms with Crippen LogP contribution in [0.1, 0.15) is 141 Å². The van der Waals surface area contributed by atoms with E-state index in [1.807, 2.05) is 0 Å². The average molecular weight is 539 g/mol. The molecule has 2 aromatic carbocycles. The van der Waals surface area contributed by atoms with Crippen LogP contribution in [0.3, 0.4) is 0 Å². The summed E-state index contributed by atoms with van der Waals surface area (Å²) in [6.45, 7) is 4.50. The molecular weight excluding hydrogens is 487 g/mol. The van der Waals surface area contributed by atoms with Gasteiger partial charge in [0.2, 0.25) is 0 Å². The average Bonchev–Trinajstić information content (AvgIpc) is 2.85. The summed E-state index contributed by atoms with van der Waals surface area (Å²) in [5.41, 5.74) is 2.24. The van der Waals surface area contributed by atoms with Crippen LogP contribution >= 0.6 is 0 Å². The monoisotopic (exact) mass is 538 g/mol. The van der Waals surface area contributed by atoms with E-state index in [1.54, 1.807) is 12.1 Å². The molecule has 0 aliphatic carbocycles. The number of fused-ring (bicyclic) bond motifs is 1. The molecule has 37 heavy (non-hydrogen) atoms. The molecule has 0 spiro atoms. The predicted molar refractivity (Wildman–Crippen MR) is 154 cm³/mol. The quantitative estimate of drug-likeness (QED) is 0.0987. The van der Waals surface area contributed by atoms with Gasteiger partial charge in [-0.1, -0.05) is 135 Å². The minimum absolute atomic E-state index is 0. The van der Waals surface area contributed by atoms with Gasteiger partial charge in [-0.3, -0.25) is 0 Å². The van der Waals surface area contributed by atoms with Crippen molar-refractivity contribution in [3.8, 4) is 0 Å². The summed E-state index contributed by atoms with van der Waals surface area (Å²) >= 11 is 0. The van der Waals surface area contributed by atoms with Crippen molar-refractivity contribution in [2.24, 2.45) is 0 Å². The van der Waals surface area contributed by atoms with Crippen molar-refractivity contribution in [1.82, 2.24) is 0 Å². The Kier molecular flexibility index (Phi) is 19.2. The van der Waals surface area contributed by atoms with E-state index in [0.717, 1.165) is 48.4 Å². The fourth-order valence-corrected chi connectivity index (χ4v) is 5.80. The molecule has 2 aromatic rings. The Balaban J connectivity index is 0.00000684. The van der Waals surface area contributed by atoms with E-state index < -0.39 is 10.1 Å². The summed E-state index contributed by atoms with van der Waals surface area (Å²) in [7, 11) is -4.47. The third-order valence-electron chi connectivity index (χ3n) is 7.48. The van der Waals surface area contributed by atoms with Gasteiger partial charge in [-0.2, -0.15) is 0 Å². The van der Waals surface area contributed by atoms with Crippen molar-refractivity contribution < 1.29 is 42.5 Å². The molecule has 204 valence electrons. The first-order chi connectivity index (χ1) is 17.5. The van der Waals surface area contributed by atoms with Crippen LogP contribution in [-0.4, -0.2) is 13.0 Å². The van der Waals surface area contributed by atoms with Gasteiger partial charge in [0.15, 0.2) is 0 Å². The Bertz CT molecular complexity index is 971. The molecule has 0 aromatic heterocycles. The maximum atomic E-state index is 11.8. The van der Waals surface area contributed by atoms with Crippen molar-refractivity contribution in [3.05, 3.63) is 41.5 Å². The largest absolute Gasteiger partial charge is 1.00 e. The van der Waals surface area contributed by atoms with E-state index in [4.69, 9.17) is 0 Å². The predicted octanol–water partition coefficient (Wildman–Crippen LogP) is 6.89. The van der Waals surface area contributed by atoms with E-state index in [0.29, 0.717) is 0 Å². The molecule has 0 saturated carbocycles. The van der Waals surface area contributed by atoms with Gasteiger partial charge in [0.05, 0.1) is 4.90 Å². The van der Waals surface area contributed by atoms with Gasteiger partial charge < -0.3 is 4.55 Å². The molecule has 0 bridgehead atoms. The van der Waals surface area contributed by atoms with E-state index in [1.165, 1.54) is 102 Å². The summed E-state index contributed by atoms with van der Waals surface area (Å²) < 4.78 is 35.5. The number of rotatable bonds is 21. The number of hydrogen-bond donors (Lipinski definition) is 0. The minimum atomic E-state index is -4.47. The van der Waals surface area contributed by atoms with E-state index >= 15 is 0 Å². The van der Waals surface area contributed by atoms with Gasteiger partial charge in [-0.05, 0) is 59.7 Å². The van der Waals surface area contributed by atoms with E-state index in [-0.39, 0.29) is 34.5 Å². The maximum Gasteiger partial charge on any atom is 1.00 e. The molecule has 0 saturated heterocycles. The van der Waals surface area contributed by atoms with Gasteiger partial charge in [-0.25, -0.2) is 8.42 Å². The molecule has 0 radical (unpaired) electrons. The minimum Gasteiger partial charge on any atom is -0.744 e. The number of hydrogen-bond acceptors (Lipinski definition) is 3. The van der Waals surface area contributed by atoms with Crippen molar-refractivity contribution in [1.29, 1.82) is 0 Å². The van der Waals surface area contributed by atoms with Crippen molar-refractivity contribution >= 4 is 20.9 Å². The summed E-state index contributed by atoms with van der Waals surface area (Å²) in [6, 6.07) is 9.64. The zero-order valence-corrected chi connectivity index (χ0v) is 27.0. The number of unbranched alkanes of at least 4 members (excludes halogenated alkanes) is 16. The van der Waals surface area contributed by atoms with Gasteiger partial charge >= 0.3 is 29.6 Å². The van der Waals surface area contributed by atoms with Gasteiger partial charge in [0.1, 0.15) is 10.1 Å². The van der Waals surface area contributed by atoms with Gasteiger partial charge in [0.25, 0.3) is 0 Å². The summed E-state index contributed by atoms with van der Waals surface area (Å²) in [4.78, 5) is -0.0823. The van der Waals surface area contributed by atoms with Crippen LogP contribution in [0.5, 0.6) is 0 Å². The molecule has 0 heterocycles. The second-order valence-corrected chi connectivity index (χ2v) is 12.1. The third kappa shape index (κ3) is 14.5. The molecule has 5 heteroatoms. The molecule has 0 aliphatic rings. The van der Waals surface area contributed by atoms with Crippen LogP contribution in [-0.2, 0) is 23.0 Å². The van der Waals surface area contributed by atoms with E-state index in [9.17, 15) is 13.0 Å². The molecule has 0 amide bonds. The smallest absolute Gasteiger partial charge is 0.744 e. The topological polar surface area (TPSA) is 57.2 Å². The number of benzene rings is 2. The van der Waals surface area contributed by atoms with Gasteiger partial charge in [-0.15, -0.1) is 0 Å². The van der Waals surface area contributed by atoms with Crippen LogP contribution in [0.2, 0.25) is 0 Å². The molecule has 0 aliphatic heterocycles. The Morgan fingerprint density at radius 1 is 0.595 bits per heavy atom. The second-order valence-electron chi connectivity index (χ2n) is 10.7. The zero-order chi connectivity index (χ0) is 26.1. The molecular formula is C32H51NaO3S.